The number of rotatable bonds is 13. The molecule has 30 heteroatoms. The van der Waals surface area contributed by atoms with Crippen molar-refractivity contribution in [3.63, 3.8) is 0 Å². The van der Waals surface area contributed by atoms with E-state index in [0.29, 0.717) is 42.5 Å². The van der Waals surface area contributed by atoms with Crippen molar-refractivity contribution in [2.45, 2.75) is 42.0 Å². The molecule has 6 rings (SSSR count). The van der Waals surface area contributed by atoms with E-state index in [1.807, 2.05) is 6.07 Å². The van der Waals surface area contributed by atoms with Gasteiger partial charge in [-0.1, -0.05) is 23.8 Å². The summed E-state index contributed by atoms with van der Waals surface area (Å²) in [6.07, 6.45) is -25.2. The van der Waals surface area contributed by atoms with Crippen molar-refractivity contribution in [3.05, 3.63) is 147 Å². The molecule has 0 saturated heterocycles. The number of carbonyl (C=O) groups excluding carboxylic acids is 7. The van der Waals surface area contributed by atoms with Gasteiger partial charge in [0.1, 0.15) is 19.6 Å². The fraction of sp³-hybridized carbons (Fsp3) is 0.227. The average Bonchev–Trinajstić information content (AvgIpc) is 3.74. The van der Waals surface area contributed by atoms with E-state index in [0.717, 1.165) is 0 Å². The second kappa shape index (κ2) is 22.0. The molecule has 2 heterocycles. The van der Waals surface area contributed by atoms with Gasteiger partial charge in [0.25, 0.3) is 0 Å². The molecular formula is C44H24CoF12O17-2. The number of cyclic esters (lactones) is 4. The van der Waals surface area contributed by atoms with Crippen LogP contribution in [-0.4, -0.2) is 108 Å². The summed E-state index contributed by atoms with van der Waals surface area (Å²) >= 11 is 2.31. The zero-order chi connectivity index (χ0) is 56.1. The molecular weight excluding hydrogens is 1090 g/mol. The van der Waals surface area contributed by atoms with Gasteiger partial charge < -0.3 is 45.6 Å². The van der Waals surface area contributed by atoms with Crippen LogP contribution in [0.4, 0.5) is 52.7 Å². The minimum atomic E-state index is -6.21. The van der Waals surface area contributed by atoms with Crippen LogP contribution in [0.1, 0.15) is 101 Å². The van der Waals surface area contributed by atoms with Crippen molar-refractivity contribution in [1.29, 1.82) is 0 Å². The number of carboxylic acids is 2. The van der Waals surface area contributed by atoms with E-state index < -0.39 is 170 Å². The topological polar surface area (TPSA) is 257 Å². The van der Waals surface area contributed by atoms with Crippen molar-refractivity contribution < 1.29 is 149 Å². The molecule has 0 saturated carbocycles. The number of hydrogen-bond acceptors (Lipinski definition) is 15. The van der Waals surface area contributed by atoms with Crippen LogP contribution in [0.5, 0.6) is 0 Å². The number of alkyl halides is 12. The molecule has 4 aromatic carbocycles. The fourth-order valence-corrected chi connectivity index (χ4v) is 7.26. The Morgan fingerprint density at radius 1 is 0.514 bits per heavy atom. The number of esters is 7. The Hall–Kier alpha value is -8.02. The zero-order valence-corrected chi connectivity index (χ0v) is 36.9. The summed E-state index contributed by atoms with van der Waals surface area (Å²) in [5.41, 5.74) is -21.7. The predicted molar refractivity (Wildman–Crippen MR) is 207 cm³/mol. The van der Waals surface area contributed by atoms with Crippen LogP contribution >= 0.6 is 0 Å². The number of aromatic carboxylic acids is 2. The van der Waals surface area contributed by atoms with Crippen LogP contribution in [0.25, 0.3) is 0 Å². The third-order valence-corrected chi connectivity index (χ3v) is 10.4. The molecule has 0 aliphatic carbocycles. The maximum atomic E-state index is 14.5. The van der Waals surface area contributed by atoms with Gasteiger partial charge in [0.2, 0.25) is 11.4 Å². The van der Waals surface area contributed by atoms with Crippen LogP contribution in [0.15, 0.2) is 72.8 Å². The summed E-state index contributed by atoms with van der Waals surface area (Å²) in [6.45, 7) is 1.56. The van der Waals surface area contributed by atoms with E-state index in [1.54, 1.807) is 0 Å². The van der Waals surface area contributed by atoms with Gasteiger partial charge in [-0.25, -0.2) is 28.8 Å². The molecule has 0 spiro atoms. The molecule has 4 aromatic rings. The Kier molecular flexibility index (Phi) is 17.4. The molecule has 2 aliphatic heterocycles. The van der Waals surface area contributed by atoms with E-state index in [4.69, 9.17) is 13.7 Å². The first-order valence-corrected chi connectivity index (χ1v) is 19.8. The molecule has 0 unspecified atom stereocenters. The molecule has 0 bridgehead atoms. The van der Waals surface area contributed by atoms with Gasteiger partial charge in [0.15, 0.2) is 5.41 Å². The number of ether oxygens (including phenoxy) is 5. The summed E-state index contributed by atoms with van der Waals surface area (Å²) in [4.78, 5) is 105. The number of hydrogen-bond donors (Lipinski definition) is 2. The van der Waals surface area contributed by atoms with Gasteiger partial charge >= 0.3 is 92.0 Å². The van der Waals surface area contributed by atoms with E-state index in [-0.39, 0.29) is 36.9 Å². The molecule has 74 heavy (non-hydrogen) atoms. The Morgan fingerprint density at radius 3 is 1.32 bits per heavy atom. The zero-order valence-electron chi connectivity index (χ0n) is 35.9. The molecule has 2 aliphatic rings. The standard InChI is InChI=1S/C26H17F6O11.C18H7F6O5.Co.O/c1-2-40-18(33)11-19(34)41-7-8-42-21(37)14-5-3-12(9-16(14)20(35)36)24(25(27,28)29,26(30,31)32)13-4-6-15-17(10-13)23(39)43-22(15)38;19-17(20,21)16(18(22,23)24,9-3-1-2-8(6-9)13(25)26)10-4-5-11-12(7-10)15(28)29-14(11)27;;/h3-6,9-10H,1-2,7-8,11H2,(H,35,36);1,3-7H,(H,25,26);;/q2*-1;;. The molecule has 0 aromatic heterocycles. The van der Waals surface area contributed by atoms with Crippen LogP contribution < -0.4 is 0 Å². The first-order chi connectivity index (χ1) is 34.3. The summed E-state index contributed by atoms with van der Waals surface area (Å²) in [7, 11) is 0. The Labute approximate surface area is 411 Å². The van der Waals surface area contributed by atoms with Gasteiger partial charge in [0, 0.05) is 0 Å². The van der Waals surface area contributed by atoms with Crippen molar-refractivity contribution in [2.75, 3.05) is 19.8 Å². The molecule has 2 N–H and O–H groups in total. The van der Waals surface area contributed by atoms with E-state index in [1.165, 1.54) is 0 Å². The van der Waals surface area contributed by atoms with E-state index in [2.05, 4.69) is 41.5 Å². The number of carboxylic acid groups (broad SMARTS) is 2. The van der Waals surface area contributed by atoms with Gasteiger partial charge in [-0.2, -0.15) is 52.7 Å². The first kappa shape index (κ1) is 58.5. The summed E-state index contributed by atoms with van der Waals surface area (Å²) in [5.74, 6) is -12.8. The normalized spacial score (nSPS) is 13.4. The van der Waals surface area contributed by atoms with Crippen molar-refractivity contribution in [2.24, 2.45) is 0 Å². The van der Waals surface area contributed by atoms with E-state index >= 15 is 0 Å². The molecule has 0 atom stereocenters. The molecule has 0 fully saturated rings. The maximum absolute atomic E-state index is 14.5. The van der Waals surface area contributed by atoms with Gasteiger partial charge in [-0.15, -0.1) is 29.8 Å². The monoisotopic (exact) mass is 1110 g/mol. The molecule has 0 amide bonds. The van der Waals surface area contributed by atoms with Crippen LogP contribution in [0, 0.1) is 13.0 Å². The summed E-state index contributed by atoms with van der Waals surface area (Å²) in [6, 6.07) is 6.14. The number of carbonyl (C=O) groups is 9. The summed E-state index contributed by atoms with van der Waals surface area (Å²) in [5, 5.41) is 18.5. The van der Waals surface area contributed by atoms with Crippen LogP contribution in [-0.2, 0) is 63.6 Å². The quantitative estimate of drug-likeness (QED) is 0.0331. The second-order valence-electron chi connectivity index (χ2n) is 14.5. The number of halogens is 12. The summed E-state index contributed by atoms with van der Waals surface area (Å²) < 4.78 is 202. The third-order valence-electron chi connectivity index (χ3n) is 10.4. The average molecular weight is 1110 g/mol. The van der Waals surface area contributed by atoms with Gasteiger partial charge in [0.05, 0.1) is 33.4 Å². The third kappa shape index (κ3) is 11.1. The first-order valence-electron chi connectivity index (χ1n) is 19.4. The van der Waals surface area contributed by atoms with Crippen molar-refractivity contribution in [3.8, 4) is 0 Å². The molecule has 17 nitrogen and oxygen atoms in total. The van der Waals surface area contributed by atoms with Crippen LogP contribution in [0.3, 0.4) is 0 Å². The van der Waals surface area contributed by atoms with Gasteiger partial charge in [-0.3, -0.25) is 9.59 Å². The minimum absolute atomic E-state index is 0.0230. The van der Waals surface area contributed by atoms with Gasteiger partial charge in [-0.05, 0) is 59.7 Å². The fourth-order valence-electron chi connectivity index (χ4n) is 7.26. The Morgan fingerprint density at radius 2 is 0.905 bits per heavy atom. The number of fused-ring (bicyclic) bond motifs is 2. The van der Waals surface area contributed by atoms with E-state index in [9.17, 15) is 101 Å². The number of benzene rings is 4. The second-order valence-corrected chi connectivity index (χ2v) is 14.5. The SMILES string of the molecule is O=C(O)c1[c-]ccc(C(c2ccc3c(c2)C(=O)OC3=O)(C(F)(F)F)C(F)(F)F)c1.[CH2-]COC(=O)CC(=O)OCCOC(=O)c1ccc(C(c2ccc3c(c2)C(=O)OC3=O)(C(F)(F)F)C(F)(F)F)cc1C(=O)O.[O]=[Co]. The van der Waals surface area contributed by atoms with Crippen molar-refractivity contribution >= 4 is 53.7 Å². The molecule has 397 valence electrons. The Bertz CT molecular complexity index is 2920. The molecule has 0 radical (unpaired) electrons. The Balaban J connectivity index is 0.000000332. The predicted octanol–water partition coefficient (Wildman–Crippen LogP) is 7.36. The van der Waals surface area contributed by atoms with Crippen molar-refractivity contribution in [1.82, 2.24) is 0 Å². The van der Waals surface area contributed by atoms with Crippen LogP contribution in [0.2, 0.25) is 0 Å².